The number of carboxylic acid groups (broad SMARTS) is 1. The van der Waals surface area contributed by atoms with Crippen LogP contribution < -0.4 is 14.8 Å². The molecule has 0 atom stereocenters. The normalized spacial score (nSPS) is 10.7. The van der Waals surface area contributed by atoms with Crippen LogP contribution in [0, 0.1) is 0 Å². The Kier molecular flexibility index (Phi) is 6.90. The van der Waals surface area contributed by atoms with Gasteiger partial charge in [0.25, 0.3) is 0 Å². The largest absolute Gasteiger partial charge is 0.493 e. The minimum Gasteiger partial charge on any atom is -0.493 e. The Balaban J connectivity index is 1.74. The van der Waals surface area contributed by atoms with Gasteiger partial charge in [0.2, 0.25) is 0 Å². The average Bonchev–Trinajstić information content (AvgIpc) is 3.33. The van der Waals surface area contributed by atoms with E-state index < -0.39 is 5.97 Å². The highest BCUT2D eigenvalue weighted by Gasteiger charge is 2.12. The van der Waals surface area contributed by atoms with Gasteiger partial charge in [-0.1, -0.05) is 17.9 Å². The first-order valence-electron chi connectivity index (χ1n) is 9.02. The third kappa shape index (κ3) is 6.07. The van der Waals surface area contributed by atoms with Crippen LogP contribution in [0.25, 0.3) is 5.70 Å². The van der Waals surface area contributed by atoms with Gasteiger partial charge in [-0.25, -0.2) is 9.78 Å². The number of aromatic nitrogens is 1. The van der Waals surface area contributed by atoms with E-state index in [1.807, 2.05) is 32.0 Å². The molecule has 0 saturated carbocycles. The molecule has 29 heavy (non-hydrogen) atoms. The summed E-state index contributed by atoms with van der Waals surface area (Å²) < 4.78 is 11.8. The predicted octanol–water partition coefficient (Wildman–Crippen LogP) is 5.39. The van der Waals surface area contributed by atoms with Crippen molar-refractivity contribution in [2.45, 2.75) is 26.4 Å². The van der Waals surface area contributed by atoms with E-state index in [2.05, 4.69) is 33.7 Å². The molecule has 0 aliphatic rings. The number of anilines is 1. The van der Waals surface area contributed by atoms with Crippen molar-refractivity contribution in [3.63, 3.8) is 0 Å². The van der Waals surface area contributed by atoms with Gasteiger partial charge in [-0.15, -0.1) is 0 Å². The smallest absolute Gasteiger partial charge is 0.347 e. The number of nitrogens with one attached hydrogen (secondary N) is 1. The molecule has 0 aliphatic carbocycles. The predicted molar refractivity (Wildman–Crippen MR) is 117 cm³/mol. The van der Waals surface area contributed by atoms with E-state index in [-0.39, 0.29) is 11.0 Å². The number of nitrogens with zero attached hydrogens (tertiary/aromatic N) is 1. The number of rotatable bonds is 10. The molecule has 2 heterocycles. The fourth-order valence-corrected chi connectivity index (χ4v) is 3.91. The summed E-state index contributed by atoms with van der Waals surface area (Å²) in [6.45, 7) is 8.52. The molecule has 0 aliphatic heterocycles. The quantitative estimate of drug-likeness (QED) is 0.449. The Labute approximate surface area is 177 Å². The van der Waals surface area contributed by atoms with Gasteiger partial charge in [0.05, 0.1) is 18.9 Å². The van der Waals surface area contributed by atoms with Gasteiger partial charge in [-0.05, 0) is 48.4 Å². The van der Waals surface area contributed by atoms with Crippen LogP contribution >= 0.6 is 22.7 Å². The van der Waals surface area contributed by atoms with E-state index in [1.54, 1.807) is 11.3 Å². The van der Waals surface area contributed by atoms with Crippen molar-refractivity contribution in [3.05, 3.63) is 63.8 Å². The summed E-state index contributed by atoms with van der Waals surface area (Å²) in [5.41, 5.74) is 2.60. The van der Waals surface area contributed by atoms with Crippen LogP contribution in [-0.2, 0) is 6.42 Å². The van der Waals surface area contributed by atoms with Crippen molar-refractivity contribution in [2.24, 2.45) is 0 Å². The van der Waals surface area contributed by atoms with E-state index >= 15 is 0 Å². The topological polar surface area (TPSA) is 80.7 Å². The number of hydrogen-bond donors (Lipinski definition) is 2. The minimum atomic E-state index is -1.00. The highest BCUT2D eigenvalue weighted by Crippen LogP contribution is 2.29. The summed E-state index contributed by atoms with van der Waals surface area (Å²) in [6, 6.07) is 7.69. The van der Waals surface area contributed by atoms with E-state index in [9.17, 15) is 4.79 Å². The fraction of sp³-hybridized carbons (Fsp3) is 0.238. The van der Waals surface area contributed by atoms with Crippen LogP contribution in [-0.4, -0.2) is 28.8 Å². The van der Waals surface area contributed by atoms with E-state index in [0.29, 0.717) is 28.9 Å². The molecular weight excluding hydrogens is 408 g/mol. The van der Waals surface area contributed by atoms with Gasteiger partial charge in [0.15, 0.2) is 5.13 Å². The van der Waals surface area contributed by atoms with E-state index in [1.165, 1.54) is 11.8 Å². The van der Waals surface area contributed by atoms with Crippen LogP contribution in [0.3, 0.4) is 0 Å². The van der Waals surface area contributed by atoms with Crippen molar-refractivity contribution in [2.75, 3.05) is 11.9 Å². The molecule has 0 bridgehead atoms. The number of benzene rings is 1. The third-order valence-corrected chi connectivity index (χ3v) is 5.45. The summed E-state index contributed by atoms with van der Waals surface area (Å²) in [5, 5.41) is 16.7. The fourth-order valence-electron chi connectivity index (χ4n) is 2.52. The lowest BCUT2D eigenvalue weighted by molar-refractivity contribution is 0.0702. The van der Waals surface area contributed by atoms with Crippen molar-refractivity contribution in [1.82, 2.24) is 4.98 Å². The number of aromatic carboxylic acids is 1. The summed E-state index contributed by atoms with van der Waals surface area (Å²) in [5.74, 6) is 0.354. The van der Waals surface area contributed by atoms with Gasteiger partial charge in [-0.2, -0.15) is 11.3 Å². The molecule has 3 aromatic rings. The molecule has 0 unspecified atom stereocenters. The van der Waals surface area contributed by atoms with Crippen molar-refractivity contribution < 1.29 is 19.4 Å². The molecule has 0 saturated heterocycles. The number of hydrogen-bond acceptors (Lipinski definition) is 7. The first-order chi connectivity index (χ1) is 13.9. The maximum atomic E-state index is 11.0. The Morgan fingerprint density at radius 3 is 2.76 bits per heavy atom. The Morgan fingerprint density at radius 2 is 2.10 bits per heavy atom. The number of carboxylic acids is 1. The van der Waals surface area contributed by atoms with E-state index in [4.69, 9.17) is 14.6 Å². The summed E-state index contributed by atoms with van der Waals surface area (Å²) in [7, 11) is 0. The van der Waals surface area contributed by atoms with Crippen LogP contribution in [0.1, 0.15) is 34.6 Å². The Bertz CT molecular complexity index is 980. The molecule has 6 nitrogen and oxygen atoms in total. The van der Waals surface area contributed by atoms with Crippen molar-refractivity contribution in [1.29, 1.82) is 0 Å². The number of carbonyl (C=O) groups is 1. The van der Waals surface area contributed by atoms with Gasteiger partial charge in [-0.3, -0.25) is 0 Å². The van der Waals surface area contributed by atoms with Crippen molar-refractivity contribution >= 4 is 39.5 Å². The molecule has 0 fully saturated rings. The van der Waals surface area contributed by atoms with Gasteiger partial charge < -0.3 is 19.9 Å². The summed E-state index contributed by atoms with van der Waals surface area (Å²) in [4.78, 5) is 15.3. The molecular formula is C21H22N2O4S2. The SMILES string of the molecule is C=C(Nc1ncc(C(=O)O)s1)c1cc(OCCc2ccsc2)cc(OC(C)C)c1. The Morgan fingerprint density at radius 1 is 1.31 bits per heavy atom. The molecule has 1 aromatic carbocycles. The van der Waals surface area contributed by atoms with Gasteiger partial charge in [0, 0.05) is 23.7 Å². The molecule has 152 valence electrons. The van der Waals surface area contributed by atoms with E-state index in [0.717, 1.165) is 23.3 Å². The van der Waals surface area contributed by atoms with Gasteiger partial charge >= 0.3 is 5.97 Å². The standard InChI is InChI=1S/C21H22N2O4S2/c1-13(2)27-18-9-16(14(3)23-21-22-11-19(29-21)20(24)25)8-17(10-18)26-6-4-15-5-7-28-12-15/h5,7-13H,3-4,6H2,1-2H3,(H,22,23)(H,24,25). The first-order valence-corrected chi connectivity index (χ1v) is 10.8. The Hall–Kier alpha value is -2.84. The monoisotopic (exact) mass is 430 g/mol. The maximum absolute atomic E-state index is 11.0. The second-order valence-electron chi connectivity index (χ2n) is 6.53. The summed E-state index contributed by atoms with van der Waals surface area (Å²) >= 11 is 2.72. The molecule has 0 radical (unpaired) electrons. The van der Waals surface area contributed by atoms with Crippen molar-refractivity contribution in [3.8, 4) is 11.5 Å². The van der Waals surface area contributed by atoms with Crippen LogP contribution in [0.15, 0.2) is 47.8 Å². The number of ether oxygens (including phenoxy) is 2. The second kappa shape index (κ2) is 9.58. The third-order valence-electron chi connectivity index (χ3n) is 3.81. The molecule has 2 N–H and O–H groups in total. The number of thiazole rings is 1. The van der Waals surface area contributed by atoms with Crippen LogP contribution in [0.2, 0.25) is 0 Å². The zero-order valence-electron chi connectivity index (χ0n) is 16.2. The lowest BCUT2D eigenvalue weighted by Crippen LogP contribution is -2.07. The average molecular weight is 431 g/mol. The van der Waals surface area contributed by atoms with Gasteiger partial charge in [0.1, 0.15) is 16.4 Å². The maximum Gasteiger partial charge on any atom is 0.347 e. The second-order valence-corrected chi connectivity index (χ2v) is 8.34. The molecule has 2 aromatic heterocycles. The molecule has 8 heteroatoms. The van der Waals surface area contributed by atoms with Crippen LogP contribution in [0.4, 0.5) is 5.13 Å². The lowest BCUT2D eigenvalue weighted by atomic mass is 10.1. The van der Waals surface area contributed by atoms with Crippen LogP contribution in [0.5, 0.6) is 11.5 Å². The highest BCUT2D eigenvalue weighted by atomic mass is 32.1. The molecule has 3 rings (SSSR count). The first kappa shape index (κ1) is 20.9. The molecule has 0 amide bonds. The highest BCUT2D eigenvalue weighted by molar-refractivity contribution is 7.17. The summed E-state index contributed by atoms with van der Waals surface area (Å²) in [6.07, 6.45) is 2.16. The zero-order chi connectivity index (χ0) is 20.8. The molecule has 0 spiro atoms. The minimum absolute atomic E-state index is 0.0159. The lowest BCUT2D eigenvalue weighted by Gasteiger charge is -2.15. The zero-order valence-corrected chi connectivity index (χ0v) is 17.8. The number of thiophene rings is 1.